The van der Waals surface area contributed by atoms with E-state index in [0.717, 1.165) is 4.57 Å². The molecule has 9 heteroatoms. The van der Waals surface area contributed by atoms with Gasteiger partial charge in [-0.25, -0.2) is 4.79 Å². The van der Waals surface area contributed by atoms with Gasteiger partial charge in [-0.3, -0.25) is 9.36 Å². The van der Waals surface area contributed by atoms with E-state index in [4.69, 9.17) is 15.2 Å². The van der Waals surface area contributed by atoms with Gasteiger partial charge >= 0.3 is 11.7 Å². The number of aliphatic hydroxyl groups excluding tert-OH is 2. The van der Waals surface area contributed by atoms with E-state index < -0.39 is 36.2 Å². The van der Waals surface area contributed by atoms with Crippen LogP contribution in [0.4, 0.5) is 5.82 Å². The highest BCUT2D eigenvalue weighted by Gasteiger charge is 2.44. The lowest BCUT2D eigenvalue weighted by Gasteiger charge is -2.16. The number of aliphatic hydroxyl groups is 2. The molecule has 1 aromatic heterocycles. The Bertz CT molecular complexity index is 617. The van der Waals surface area contributed by atoms with Gasteiger partial charge in [0, 0.05) is 12.6 Å². The summed E-state index contributed by atoms with van der Waals surface area (Å²) < 4.78 is 11.5. The number of anilines is 1. The Labute approximate surface area is 132 Å². The third-order valence-corrected chi connectivity index (χ3v) is 3.45. The van der Waals surface area contributed by atoms with Crippen LogP contribution in [0.1, 0.15) is 26.5 Å². The molecule has 4 N–H and O–H groups in total. The van der Waals surface area contributed by atoms with Crippen molar-refractivity contribution in [2.75, 3.05) is 12.3 Å². The van der Waals surface area contributed by atoms with Gasteiger partial charge in [0.1, 0.15) is 30.7 Å². The van der Waals surface area contributed by atoms with Crippen LogP contribution in [-0.4, -0.2) is 50.7 Å². The molecule has 23 heavy (non-hydrogen) atoms. The van der Waals surface area contributed by atoms with Crippen LogP contribution in [0.25, 0.3) is 0 Å². The largest absolute Gasteiger partial charge is 0.463 e. The summed E-state index contributed by atoms with van der Waals surface area (Å²) in [5.74, 6) is -0.229. The van der Waals surface area contributed by atoms with Crippen LogP contribution in [-0.2, 0) is 14.3 Å². The fourth-order valence-electron chi connectivity index (χ4n) is 2.28. The minimum absolute atomic E-state index is 0.0402. The van der Waals surface area contributed by atoms with Gasteiger partial charge in [-0.2, -0.15) is 4.98 Å². The lowest BCUT2D eigenvalue weighted by Crippen LogP contribution is -2.36. The maximum Gasteiger partial charge on any atom is 0.351 e. The Kier molecular flexibility index (Phi) is 5.34. The standard InChI is InChI=1S/C14H21N3O6/c1-7(2)5-10(18)22-6-8-11(19)12(20)13(23-8)17-4-3-9(15)16-14(17)21/h3-4,7-8,11-13,19-20H,5-6H2,1-2H3,(H2,15,16,21). The zero-order valence-corrected chi connectivity index (χ0v) is 13.0. The van der Waals surface area contributed by atoms with Gasteiger partial charge in [0.15, 0.2) is 6.23 Å². The summed E-state index contributed by atoms with van der Waals surface area (Å²) in [5, 5.41) is 20.1. The number of hydrogen-bond donors (Lipinski definition) is 3. The molecule has 4 atom stereocenters. The van der Waals surface area contributed by atoms with Gasteiger partial charge in [-0.15, -0.1) is 0 Å². The average molecular weight is 327 g/mol. The van der Waals surface area contributed by atoms with Crippen molar-refractivity contribution in [2.45, 2.75) is 44.8 Å². The highest BCUT2D eigenvalue weighted by Crippen LogP contribution is 2.28. The first kappa shape index (κ1) is 17.4. The summed E-state index contributed by atoms with van der Waals surface area (Å²) in [6.07, 6.45) is -3.15. The fourth-order valence-corrected chi connectivity index (χ4v) is 2.28. The molecule has 9 nitrogen and oxygen atoms in total. The lowest BCUT2D eigenvalue weighted by atomic mass is 10.1. The van der Waals surface area contributed by atoms with Gasteiger partial charge in [-0.05, 0) is 12.0 Å². The molecular weight excluding hydrogens is 306 g/mol. The van der Waals surface area contributed by atoms with Crippen molar-refractivity contribution in [3.63, 3.8) is 0 Å². The van der Waals surface area contributed by atoms with Crippen molar-refractivity contribution >= 4 is 11.8 Å². The SMILES string of the molecule is CC(C)CC(=O)OCC1OC(n2ccc(N)nc2=O)C(O)C1O. The molecule has 2 heterocycles. The van der Waals surface area contributed by atoms with Crippen LogP contribution < -0.4 is 11.4 Å². The molecule has 0 radical (unpaired) electrons. The highest BCUT2D eigenvalue weighted by atomic mass is 16.6. The number of hydrogen-bond acceptors (Lipinski definition) is 8. The highest BCUT2D eigenvalue weighted by molar-refractivity contribution is 5.69. The van der Waals surface area contributed by atoms with E-state index in [1.54, 1.807) is 0 Å². The minimum atomic E-state index is -1.35. The Hall–Kier alpha value is -1.97. The normalized spacial score (nSPS) is 27.3. The second kappa shape index (κ2) is 7.07. The lowest BCUT2D eigenvalue weighted by molar-refractivity contribution is -0.151. The summed E-state index contributed by atoms with van der Waals surface area (Å²) >= 11 is 0. The molecule has 128 valence electrons. The maximum absolute atomic E-state index is 11.8. The molecule has 0 amide bonds. The van der Waals surface area contributed by atoms with Crippen LogP contribution >= 0.6 is 0 Å². The van der Waals surface area contributed by atoms with E-state index in [9.17, 15) is 19.8 Å². The van der Waals surface area contributed by atoms with Crippen LogP contribution in [0, 0.1) is 5.92 Å². The molecule has 0 aromatic carbocycles. The van der Waals surface area contributed by atoms with Crippen molar-refractivity contribution in [1.82, 2.24) is 9.55 Å². The van der Waals surface area contributed by atoms with Crippen LogP contribution in [0.2, 0.25) is 0 Å². The van der Waals surface area contributed by atoms with Crippen LogP contribution in [0.3, 0.4) is 0 Å². The number of esters is 1. The van der Waals surface area contributed by atoms with Crippen molar-refractivity contribution in [1.29, 1.82) is 0 Å². The van der Waals surface area contributed by atoms with E-state index in [-0.39, 0.29) is 24.8 Å². The molecule has 1 saturated heterocycles. The van der Waals surface area contributed by atoms with Gasteiger partial charge < -0.3 is 25.4 Å². The van der Waals surface area contributed by atoms with Crippen LogP contribution in [0.15, 0.2) is 17.1 Å². The number of ether oxygens (including phenoxy) is 2. The summed E-state index contributed by atoms with van der Waals surface area (Å²) in [6, 6.07) is 1.37. The van der Waals surface area contributed by atoms with Crippen molar-refractivity contribution in [3.8, 4) is 0 Å². The fraction of sp³-hybridized carbons (Fsp3) is 0.643. The number of rotatable bonds is 5. The van der Waals surface area contributed by atoms with E-state index in [0.29, 0.717) is 0 Å². The average Bonchev–Trinajstić information content (AvgIpc) is 2.73. The maximum atomic E-state index is 11.8. The molecule has 0 spiro atoms. The van der Waals surface area contributed by atoms with E-state index in [1.165, 1.54) is 12.3 Å². The molecule has 0 saturated carbocycles. The summed E-state index contributed by atoms with van der Waals surface area (Å²) in [6.45, 7) is 3.54. The molecule has 1 aliphatic heterocycles. The molecular formula is C14H21N3O6. The predicted molar refractivity (Wildman–Crippen MR) is 79.2 cm³/mol. The van der Waals surface area contributed by atoms with Crippen molar-refractivity contribution in [3.05, 3.63) is 22.7 Å². The van der Waals surface area contributed by atoms with Crippen molar-refractivity contribution in [2.24, 2.45) is 5.92 Å². The predicted octanol–water partition coefficient (Wildman–Crippen LogP) is -0.966. The van der Waals surface area contributed by atoms with Gasteiger partial charge in [-0.1, -0.05) is 13.8 Å². The molecule has 1 fully saturated rings. The van der Waals surface area contributed by atoms with E-state index >= 15 is 0 Å². The van der Waals surface area contributed by atoms with Gasteiger partial charge in [0.05, 0.1) is 0 Å². The number of nitrogens with two attached hydrogens (primary N) is 1. The number of carbonyl (C=O) groups excluding carboxylic acids is 1. The van der Waals surface area contributed by atoms with Gasteiger partial charge in [0.2, 0.25) is 0 Å². The summed E-state index contributed by atoms with van der Waals surface area (Å²) in [5.41, 5.74) is 4.69. The molecule has 0 bridgehead atoms. The zero-order chi connectivity index (χ0) is 17.1. The Morgan fingerprint density at radius 3 is 2.78 bits per heavy atom. The zero-order valence-electron chi connectivity index (χ0n) is 13.0. The van der Waals surface area contributed by atoms with Crippen molar-refractivity contribution < 1.29 is 24.5 Å². The topological polar surface area (TPSA) is 137 Å². The third kappa shape index (κ3) is 4.06. The third-order valence-electron chi connectivity index (χ3n) is 3.45. The number of nitrogens with zero attached hydrogens (tertiary/aromatic N) is 2. The second-order valence-corrected chi connectivity index (χ2v) is 5.87. The first-order valence-corrected chi connectivity index (χ1v) is 7.31. The minimum Gasteiger partial charge on any atom is -0.463 e. The molecule has 1 aromatic rings. The van der Waals surface area contributed by atoms with E-state index in [2.05, 4.69) is 4.98 Å². The van der Waals surface area contributed by atoms with Gasteiger partial charge in [0.25, 0.3) is 0 Å². The quantitative estimate of drug-likeness (QED) is 0.588. The van der Waals surface area contributed by atoms with Crippen LogP contribution in [0.5, 0.6) is 0 Å². The molecule has 2 rings (SSSR count). The second-order valence-electron chi connectivity index (χ2n) is 5.87. The number of carbonyl (C=O) groups is 1. The Morgan fingerprint density at radius 2 is 2.17 bits per heavy atom. The van der Waals surface area contributed by atoms with E-state index in [1.807, 2.05) is 13.8 Å². The molecule has 0 aliphatic carbocycles. The summed E-state index contributed by atoms with van der Waals surface area (Å²) in [7, 11) is 0. The number of aromatic nitrogens is 2. The first-order chi connectivity index (χ1) is 10.8. The monoisotopic (exact) mass is 327 g/mol. The first-order valence-electron chi connectivity index (χ1n) is 7.31. The molecule has 4 unspecified atom stereocenters. The Balaban J connectivity index is 2.03. The smallest absolute Gasteiger partial charge is 0.351 e. The molecule has 1 aliphatic rings. The number of nitrogen functional groups attached to an aromatic ring is 1. The summed E-state index contributed by atoms with van der Waals surface area (Å²) in [4.78, 5) is 26.9. The Morgan fingerprint density at radius 1 is 1.48 bits per heavy atom.